The quantitative estimate of drug-likeness (QED) is 0.867. The van der Waals surface area contributed by atoms with Crippen molar-refractivity contribution in [1.29, 1.82) is 0 Å². The molecule has 0 saturated carbocycles. The third-order valence-corrected chi connectivity index (χ3v) is 5.50. The first-order valence-electron chi connectivity index (χ1n) is 9.22. The van der Waals surface area contributed by atoms with Crippen LogP contribution in [0.5, 0.6) is 0 Å². The van der Waals surface area contributed by atoms with E-state index >= 15 is 0 Å². The van der Waals surface area contributed by atoms with Gasteiger partial charge in [0.1, 0.15) is 0 Å². The van der Waals surface area contributed by atoms with Crippen molar-refractivity contribution in [1.82, 2.24) is 9.80 Å². The molecule has 3 rings (SSSR count). The molecule has 1 aromatic carbocycles. The lowest BCUT2D eigenvalue weighted by molar-refractivity contribution is 0.0646. The van der Waals surface area contributed by atoms with Crippen LogP contribution in [0.25, 0.3) is 0 Å². The summed E-state index contributed by atoms with van der Waals surface area (Å²) >= 11 is 0. The zero-order valence-corrected chi connectivity index (χ0v) is 14.5. The van der Waals surface area contributed by atoms with Gasteiger partial charge in [0, 0.05) is 57.5 Å². The molecule has 2 heterocycles. The maximum Gasteiger partial charge on any atom is 0.0586 e. The molecule has 2 aliphatic heterocycles. The maximum absolute atomic E-state index is 9.45. The number of anilines is 1. The van der Waals surface area contributed by atoms with E-state index in [1.807, 2.05) is 0 Å². The summed E-state index contributed by atoms with van der Waals surface area (Å²) in [6.07, 6.45) is 3.55. The van der Waals surface area contributed by atoms with Crippen LogP contribution in [0.4, 0.5) is 5.69 Å². The Hall–Kier alpha value is -1.10. The van der Waals surface area contributed by atoms with Gasteiger partial charge in [0.05, 0.1) is 6.61 Å². The SMILES string of the molecule is CCC(CO)N1CCN(CCN2CCCc3ccccc32)CC1. The van der Waals surface area contributed by atoms with E-state index in [2.05, 4.69) is 45.9 Å². The highest BCUT2D eigenvalue weighted by atomic mass is 16.3. The Balaban J connectivity index is 1.47. The minimum atomic E-state index is 0.293. The maximum atomic E-state index is 9.45. The summed E-state index contributed by atoms with van der Waals surface area (Å²) in [6, 6.07) is 9.23. The summed E-state index contributed by atoms with van der Waals surface area (Å²) in [7, 11) is 0. The fraction of sp³-hybridized carbons (Fsp3) is 0.684. The molecule has 0 aromatic heterocycles. The predicted molar refractivity (Wildman–Crippen MR) is 96.2 cm³/mol. The lowest BCUT2D eigenvalue weighted by Gasteiger charge is -2.40. The topological polar surface area (TPSA) is 30.0 Å². The Bertz CT molecular complexity index is 481. The average Bonchev–Trinajstić information content (AvgIpc) is 2.62. The first-order valence-corrected chi connectivity index (χ1v) is 9.22. The third kappa shape index (κ3) is 4.06. The van der Waals surface area contributed by atoms with E-state index < -0.39 is 0 Å². The van der Waals surface area contributed by atoms with Crippen molar-refractivity contribution in [2.45, 2.75) is 32.2 Å². The van der Waals surface area contributed by atoms with Gasteiger partial charge in [-0.05, 0) is 30.9 Å². The van der Waals surface area contributed by atoms with E-state index in [0.29, 0.717) is 12.6 Å². The van der Waals surface area contributed by atoms with Crippen LogP contribution in [-0.2, 0) is 6.42 Å². The molecule has 2 aliphatic rings. The molecule has 1 N–H and O–H groups in total. The Kier molecular flexibility index (Phi) is 5.92. The molecular weight excluding hydrogens is 286 g/mol. The summed E-state index contributed by atoms with van der Waals surface area (Å²) in [4.78, 5) is 7.60. The molecule has 1 fully saturated rings. The molecule has 0 aliphatic carbocycles. The van der Waals surface area contributed by atoms with Crippen LogP contribution in [-0.4, -0.2) is 73.4 Å². The standard InChI is InChI=1S/C19H31N3O/c1-2-18(16-23)21-13-10-20(11-14-21)12-15-22-9-5-7-17-6-3-4-8-19(17)22/h3-4,6,8,18,23H,2,5,7,9-16H2,1H3. The molecule has 1 aromatic rings. The van der Waals surface area contributed by atoms with Gasteiger partial charge in [-0.1, -0.05) is 25.1 Å². The number of rotatable bonds is 6. The molecule has 0 spiro atoms. The van der Waals surface area contributed by atoms with Crippen molar-refractivity contribution in [2.24, 2.45) is 0 Å². The van der Waals surface area contributed by atoms with Crippen molar-refractivity contribution in [3.05, 3.63) is 29.8 Å². The van der Waals surface area contributed by atoms with Gasteiger partial charge in [-0.2, -0.15) is 0 Å². The Morgan fingerprint density at radius 2 is 1.83 bits per heavy atom. The average molecular weight is 317 g/mol. The van der Waals surface area contributed by atoms with Crippen LogP contribution in [0, 0.1) is 0 Å². The Morgan fingerprint density at radius 1 is 1.04 bits per heavy atom. The van der Waals surface area contributed by atoms with Crippen LogP contribution in [0.3, 0.4) is 0 Å². The molecule has 0 bridgehead atoms. The number of hydrogen-bond acceptors (Lipinski definition) is 4. The second kappa shape index (κ2) is 8.13. The first kappa shape index (κ1) is 16.7. The van der Waals surface area contributed by atoms with Crippen molar-refractivity contribution in [3.8, 4) is 0 Å². The number of fused-ring (bicyclic) bond motifs is 1. The molecule has 0 radical (unpaired) electrons. The number of nitrogens with zero attached hydrogens (tertiary/aromatic N) is 3. The van der Waals surface area contributed by atoms with Gasteiger partial charge in [-0.15, -0.1) is 0 Å². The van der Waals surface area contributed by atoms with E-state index in [-0.39, 0.29) is 0 Å². The molecule has 1 atom stereocenters. The molecule has 4 nitrogen and oxygen atoms in total. The van der Waals surface area contributed by atoms with Crippen molar-refractivity contribution >= 4 is 5.69 Å². The highest BCUT2D eigenvalue weighted by Crippen LogP contribution is 2.26. The number of hydrogen-bond donors (Lipinski definition) is 1. The smallest absolute Gasteiger partial charge is 0.0586 e. The van der Waals surface area contributed by atoms with Gasteiger partial charge in [0.2, 0.25) is 0 Å². The summed E-state index contributed by atoms with van der Waals surface area (Å²) in [5.74, 6) is 0. The van der Waals surface area contributed by atoms with Gasteiger partial charge in [0.25, 0.3) is 0 Å². The highest BCUT2D eigenvalue weighted by molar-refractivity contribution is 5.55. The van der Waals surface area contributed by atoms with E-state index in [1.54, 1.807) is 0 Å². The van der Waals surface area contributed by atoms with E-state index in [1.165, 1.54) is 30.6 Å². The predicted octanol–water partition coefficient (Wildman–Crippen LogP) is 1.83. The third-order valence-electron chi connectivity index (χ3n) is 5.50. The fourth-order valence-corrected chi connectivity index (χ4v) is 3.96. The first-order chi connectivity index (χ1) is 11.3. The second-order valence-corrected chi connectivity index (χ2v) is 6.84. The largest absolute Gasteiger partial charge is 0.395 e. The summed E-state index contributed by atoms with van der Waals surface area (Å²) in [5, 5.41) is 9.45. The van der Waals surface area contributed by atoms with E-state index in [9.17, 15) is 5.11 Å². The van der Waals surface area contributed by atoms with Crippen LogP contribution < -0.4 is 4.90 Å². The Labute approximate surface area is 140 Å². The molecule has 23 heavy (non-hydrogen) atoms. The molecule has 0 amide bonds. The number of aryl methyl sites for hydroxylation is 1. The van der Waals surface area contributed by atoms with Crippen LogP contribution in [0.2, 0.25) is 0 Å². The molecular formula is C19H31N3O. The molecule has 1 saturated heterocycles. The van der Waals surface area contributed by atoms with Gasteiger partial charge < -0.3 is 10.0 Å². The number of aliphatic hydroxyl groups is 1. The normalized spacial score (nSPS) is 21.2. The summed E-state index contributed by atoms with van der Waals surface area (Å²) in [6.45, 7) is 10.4. The molecule has 128 valence electrons. The number of benzene rings is 1. The van der Waals surface area contributed by atoms with E-state index in [4.69, 9.17) is 0 Å². The minimum absolute atomic E-state index is 0.293. The monoisotopic (exact) mass is 317 g/mol. The van der Waals surface area contributed by atoms with Gasteiger partial charge >= 0.3 is 0 Å². The summed E-state index contributed by atoms with van der Waals surface area (Å²) < 4.78 is 0. The highest BCUT2D eigenvalue weighted by Gasteiger charge is 2.23. The molecule has 1 unspecified atom stereocenters. The van der Waals surface area contributed by atoms with Crippen LogP contribution >= 0.6 is 0 Å². The van der Waals surface area contributed by atoms with Crippen molar-refractivity contribution < 1.29 is 5.11 Å². The number of piperazine rings is 1. The van der Waals surface area contributed by atoms with Gasteiger partial charge in [-0.3, -0.25) is 9.80 Å². The minimum Gasteiger partial charge on any atom is -0.395 e. The van der Waals surface area contributed by atoms with Crippen LogP contribution in [0.1, 0.15) is 25.3 Å². The Morgan fingerprint density at radius 3 is 2.57 bits per heavy atom. The fourth-order valence-electron chi connectivity index (χ4n) is 3.96. The lowest BCUT2D eigenvalue weighted by Crippen LogP contribution is -2.52. The zero-order valence-electron chi connectivity index (χ0n) is 14.5. The van der Waals surface area contributed by atoms with E-state index in [0.717, 1.165) is 45.7 Å². The van der Waals surface area contributed by atoms with Gasteiger partial charge in [-0.25, -0.2) is 0 Å². The van der Waals surface area contributed by atoms with Gasteiger partial charge in [0.15, 0.2) is 0 Å². The molecule has 4 heteroatoms. The second-order valence-electron chi connectivity index (χ2n) is 6.84. The van der Waals surface area contributed by atoms with Crippen LogP contribution in [0.15, 0.2) is 24.3 Å². The number of para-hydroxylation sites is 1. The lowest BCUT2D eigenvalue weighted by atomic mass is 10.0. The number of aliphatic hydroxyl groups excluding tert-OH is 1. The van der Waals surface area contributed by atoms with Crippen molar-refractivity contribution in [2.75, 3.05) is 57.3 Å². The van der Waals surface area contributed by atoms with Crippen molar-refractivity contribution in [3.63, 3.8) is 0 Å². The summed E-state index contributed by atoms with van der Waals surface area (Å²) in [5.41, 5.74) is 2.96. The zero-order chi connectivity index (χ0) is 16.1.